The summed E-state index contributed by atoms with van der Waals surface area (Å²) in [4.78, 5) is 21.2. The van der Waals surface area contributed by atoms with Crippen LogP contribution in [0, 0.1) is 0 Å². The number of rotatable bonds is 6. The van der Waals surface area contributed by atoms with Gasteiger partial charge in [-0.25, -0.2) is 0 Å². The third kappa shape index (κ3) is 6.99. The van der Waals surface area contributed by atoms with Crippen LogP contribution in [0.2, 0.25) is 0 Å². The normalized spacial score (nSPS) is 9.08. The molecule has 68 valence electrons. The SMILES string of the molecule is C=CCC(=O)OCCCC(C)=O. The van der Waals surface area contributed by atoms with Crippen LogP contribution >= 0.6 is 0 Å². The molecule has 0 radical (unpaired) electrons. The molecule has 3 nitrogen and oxygen atoms in total. The zero-order valence-corrected chi connectivity index (χ0v) is 7.34. The fourth-order valence-corrected chi connectivity index (χ4v) is 0.684. The van der Waals surface area contributed by atoms with E-state index in [-0.39, 0.29) is 18.2 Å². The second kappa shape index (κ2) is 6.58. The molecular formula is C9H14O3. The lowest BCUT2D eigenvalue weighted by Gasteiger charge is -2.00. The van der Waals surface area contributed by atoms with E-state index in [0.29, 0.717) is 19.4 Å². The lowest BCUT2D eigenvalue weighted by molar-refractivity contribution is -0.143. The van der Waals surface area contributed by atoms with E-state index in [2.05, 4.69) is 6.58 Å². The number of Topliss-reactive ketones (excluding diaryl/α,β-unsaturated/α-hetero) is 1. The van der Waals surface area contributed by atoms with Gasteiger partial charge in [-0.15, -0.1) is 6.58 Å². The molecular weight excluding hydrogens is 156 g/mol. The molecule has 0 aromatic carbocycles. The zero-order valence-electron chi connectivity index (χ0n) is 7.34. The van der Waals surface area contributed by atoms with Crippen molar-refractivity contribution in [3.05, 3.63) is 12.7 Å². The van der Waals surface area contributed by atoms with Gasteiger partial charge in [-0.2, -0.15) is 0 Å². The molecule has 0 aromatic rings. The number of ketones is 1. The first-order valence-corrected chi connectivity index (χ1v) is 3.92. The molecule has 0 fully saturated rings. The molecule has 0 bridgehead atoms. The standard InChI is InChI=1S/C9H14O3/c1-3-5-9(11)12-7-4-6-8(2)10/h3H,1,4-7H2,2H3. The Kier molecular flexibility index (Phi) is 5.97. The Bertz CT molecular complexity index is 173. The van der Waals surface area contributed by atoms with E-state index in [1.165, 1.54) is 13.0 Å². The molecule has 0 aliphatic heterocycles. The van der Waals surface area contributed by atoms with Gasteiger partial charge in [0.2, 0.25) is 0 Å². The number of ether oxygens (including phenoxy) is 1. The molecule has 0 saturated heterocycles. The average molecular weight is 170 g/mol. The first-order chi connectivity index (χ1) is 5.66. The minimum absolute atomic E-state index is 0.120. The average Bonchev–Trinajstić information content (AvgIpc) is 1.98. The third-order valence-corrected chi connectivity index (χ3v) is 1.25. The maximum Gasteiger partial charge on any atom is 0.309 e. The van der Waals surface area contributed by atoms with Crippen LogP contribution in [0.4, 0.5) is 0 Å². The first kappa shape index (κ1) is 10.9. The maximum atomic E-state index is 10.7. The molecule has 0 spiro atoms. The molecule has 0 rings (SSSR count). The predicted molar refractivity (Wildman–Crippen MR) is 45.7 cm³/mol. The minimum atomic E-state index is -0.284. The Morgan fingerprint density at radius 2 is 2.17 bits per heavy atom. The predicted octanol–water partition coefficient (Wildman–Crippen LogP) is 1.47. The van der Waals surface area contributed by atoms with Crippen LogP contribution < -0.4 is 0 Å². The van der Waals surface area contributed by atoms with Gasteiger partial charge < -0.3 is 9.53 Å². The summed E-state index contributed by atoms with van der Waals surface area (Å²) >= 11 is 0. The highest BCUT2D eigenvalue weighted by Crippen LogP contribution is 1.93. The van der Waals surface area contributed by atoms with Gasteiger partial charge in [0.1, 0.15) is 5.78 Å². The van der Waals surface area contributed by atoms with E-state index in [1.54, 1.807) is 0 Å². The van der Waals surface area contributed by atoms with Crippen molar-refractivity contribution in [3.63, 3.8) is 0 Å². The van der Waals surface area contributed by atoms with Crippen molar-refractivity contribution < 1.29 is 14.3 Å². The van der Waals surface area contributed by atoms with Crippen LogP contribution in [-0.4, -0.2) is 18.4 Å². The Hall–Kier alpha value is -1.12. The lowest BCUT2D eigenvalue weighted by atomic mass is 10.2. The number of carbonyl (C=O) groups excluding carboxylic acids is 2. The molecule has 12 heavy (non-hydrogen) atoms. The van der Waals surface area contributed by atoms with Crippen LogP contribution in [0.1, 0.15) is 26.2 Å². The lowest BCUT2D eigenvalue weighted by Crippen LogP contribution is -2.05. The second-order valence-electron chi connectivity index (χ2n) is 2.52. The van der Waals surface area contributed by atoms with Gasteiger partial charge in [-0.05, 0) is 13.3 Å². The maximum absolute atomic E-state index is 10.7. The highest BCUT2D eigenvalue weighted by molar-refractivity contribution is 5.75. The molecule has 0 atom stereocenters. The summed E-state index contributed by atoms with van der Waals surface area (Å²) in [5.41, 5.74) is 0. The van der Waals surface area contributed by atoms with Gasteiger partial charge in [-0.3, -0.25) is 4.79 Å². The van der Waals surface area contributed by atoms with E-state index < -0.39 is 0 Å². The fourth-order valence-electron chi connectivity index (χ4n) is 0.684. The summed E-state index contributed by atoms with van der Waals surface area (Å²) in [5, 5.41) is 0. The van der Waals surface area contributed by atoms with Gasteiger partial charge in [-0.1, -0.05) is 6.08 Å². The van der Waals surface area contributed by atoms with Gasteiger partial charge in [0, 0.05) is 6.42 Å². The monoisotopic (exact) mass is 170 g/mol. The van der Waals surface area contributed by atoms with Gasteiger partial charge in [0.15, 0.2) is 0 Å². The molecule has 0 amide bonds. The van der Waals surface area contributed by atoms with Crippen molar-refractivity contribution in [2.24, 2.45) is 0 Å². The molecule has 0 N–H and O–H groups in total. The topological polar surface area (TPSA) is 43.4 Å². The van der Waals surface area contributed by atoms with E-state index in [4.69, 9.17) is 4.74 Å². The summed E-state index contributed by atoms with van der Waals surface area (Å²) in [5.74, 6) is -0.164. The van der Waals surface area contributed by atoms with Crippen molar-refractivity contribution in [1.82, 2.24) is 0 Å². The van der Waals surface area contributed by atoms with Crippen molar-refractivity contribution in [3.8, 4) is 0 Å². The summed E-state index contributed by atoms with van der Waals surface area (Å²) < 4.78 is 4.77. The van der Waals surface area contributed by atoms with Crippen LogP contribution in [0.3, 0.4) is 0 Å². The number of hydrogen-bond acceptors (Lipinski definition) is 3. The number of carbonyl (C=O) groups is 2. The highest BCUT2D eigenvalue weighted by atomic mass is 16.5. The van der Waals surface area contributed by atoms with Crippen molar-refractivity contribution in [1.29, 1.82) is 0 Å². The molecule has 0 heterocycles. The van der Waals surface area contributed by atoms with Gasteiger partial charge in [0.25, 0.3) is 0 Å². The quantitative estimate of drug-likeness (QED) is 0.344. The third-order valence-electron chi connectivity index (χ3n) is 1.25. The smallest absolute Gasteiger partial charge is 0.309 e. The highest BCUT2D eigenvalue weighted by Gasteiger charge is 1.99. The summed E-state index contributed by atoms with van der Waals surface area (Å²) in [6, 6.07) is 0. The van der Waals surface area contributed by atoms with Gasteiger partial charge >= 0.3 is 5.97 Å². The van der Waals surface area contributed by atoms with Crippen LogP contribution in [0.15, 0.2) is 12.7 Å². The Morgan fingerprint density at radius 3 is 2.67 bits per heavy atom. The van der Waals surface area contributed by atoms with E-state index >= 15 is 0 Å². The summed E-state index contributed by atoms with van der Waals surface area (Å²) in [6.45, 7) is 5.25. The summed E-state index contributed by atoms with van der Waals surface area (Å²) in [6.07, 6.45) is 2.81. The van der Waals surface area contributed by atoms with E-state index in [1.807, 2.05) is 0 Å². The summed E-state index contributed by atoms with van der Waals surface area (Å²) in [7, 11) is 0. The number of esters is 1. The molecule has 0 unspecified atom stereocenters. The molecule has 0 aliphatic carbocycles. The van der Waals surface area contributed by atoms with Gasteiger partial charge in [0.05, 0.1) is 13.0 Å². The number of hydrogen-bond donors (Lipinski definition) is 0. The van der Waals surface area contributed by atoms with Crippen LogP contribution in [-0.2, 0) is 14.3 Å². The van der Waals surface area contributed by atoms with Crippen molar-refractivity contribution >= 4 is 11.8 Å². The van der Waals surface area contributed by atoms with Crippen molar-refractivity contribution in [2.75, 3.05) is 6.61 Å². The molecule has 0 aliphatic rings. The largest absolute Gasteiger partial charge is 0.465 e. The van der Waals surface area contributed by atoms with Crippen LogP contribution in [0.5, 0.6) is 0 Å². The minimum Gasteiger partial charge on any atom is -0.465 e. The fraction of sp³-hybridized carbons (Fsp3) is 0.556. The Balaban J connectivity index is 3.25. The molecule has 0 aromatic heterocycles. The van der Waals surface area contributed by atoms with Crippen LogP contribution in [0.25, 0.3) is 0 Å². The zero-order chi connectivity index (χ0) is 9.40. The molecule has 3 heteroatoms. The van der Waals surface area contributed by atoms with Crippen molar-refractivity contribution in [2.45, 2.75) is 26.2 Å². The Morgan fingerprint density at radius 1 is 1.50 bits per heavy atom. The molecule has 0 saturated carbocycles. The second-order valence-corrected chi connectivity index (χ2v) is 2.52. The van der Waals surface area contributed by atoms with E-state index in [0.717, 1.165) is 0 Å². The van der Waals surface area contributed by atoms with E-state index in [9.17, 15) is 9.59 Å². The first-order valence-electron chi connectivity index (χ1n) is 3.92. The Labute approximate surface area is 72.4 Å².